The van der Waals surface area contributed by atoms with Crippen molar-refractivity contribution in [1.82, 2.24) is 14.9 Å². The highest BCUT2D eigenvalue weighted by atomic mass is 32.2. The predicted octanol–water partition coefficient (Wildman–Crippen LogP) is 3.35. The van der Waals surface area contributed by atoms with Gasteiger partial charge in [-0.3, -0.25) is 0 Å². The van der Waals surface area contributed by atoms with Crippen molar-refractivity contribution >= 4 is 10.0 Å². The maximum absolute atomic E-state index is 12.4. The summed E-state index contributed by atoms with van der Waals surface area (Å²) in [5.41, 5.74) is 1.74. The van der Waals surface area contributed by atoms with Crippen molar-refractivity contribution < 1.29 is 17.7 Å². The van der Waals surface area contributed by atoms with E-state index in [9.17, 15) is 8.42 Å². The number of methoxy groups -OCH3 is 1. The van der Waals surface area contributed by atoms with Gasteiger partial charge >= 0.3 is 0 Å². The number of para-hydroxylation sites is 1. The third-order valence-electron chi connectivity index (χ3n) is 4.09. The molecule has 0 saturated heterocycles. The van der Waals surface area contributed by atoms with Gasteiger partial charge in [-0.25, -0.2) is 13.1 Å². The molecule has 0 radical (unpaired) electrons. The van der Waals surface area contributed by atoms with Gasteiger partial charge < -0.3 is 9.26 Å². The first-order chi connectivity index (χ1) is 12.9. The van der Waals surface area contributed by atoms with Crippen LogP contribution in [0.4, 0.5) is 0 Å². The Balaban J connectivity index is 1.72. The van der Waals surface area contributed by atoms with Gasteiger partial charge in [0.25, 0.3) is 0 Å². The molecule has 7 nitrogen and oxygen atoms in total. The molecule has 0 amide bonds. The number of hydrogen-bond donors (Lipinski definition) is 1. The highest BCUT2D eigenvalue weighted by Gasteiger charge is 2.17. The zero-order valence-corrected chi connectivity index (χ0v) is 16.2. The lowest BCUT2D eigenvalue weighted by molar-refractivity contribution is 0.375. The molecular weight excluding hydrogens is 366 g/mol. The van der Waals surface area contributed by atoms with Crippen LogP contribution in [0.2, 0.25) is 0 Å². The Morgan fingerprint density at radius 3 is 2.48 bits per heavy atom. The quantitative estimate of drug-likeness (QED) is 0.668. The lowest BCUT2D eigenvalue weighted by Gasteiger charge is -2.08. The molecule has 142 valence electrons. The van der Waals surface area contributed by atoms with Crippen molar-refractivity contribution in [2.24, 2.45) is 0 Å². The number of sulfonamides is 1. The number of ether oxygens (including phenoxy) is 1. The minimum absolute atomic E-state index is 0.101. The summed E-state index contributed by atoms with van der Waals surface area (Å²) < 4.78 is 37.8. The molecule has 0 bridgehead atoms. The van der Waals surface area contributed by atoms with Gasteiger partial charge in [-0.1, -0.05) is 43.3 Å². The molecule has 0 spiro atoms. The Hall–Kier alpha value is -2.71. The second-order valence-corrected chi connectivity index (χ2v) is 8.03. The van der Waals surface area contributed by atoms with E-state index in [0.29, 0.717) is 23.1 Å². The van der Waals surface area contributed by atoms with Crippen LogP contribution < -0.4 is 9.46 Å². The first kappa shape index (κ1) is 19.1. The predicted molar refractivity (Wildman–Crippen MR) is 101 cm³/mol. The van der Waals surface area contributed by atoms with Crippen LogP contribution in [0.15, 0.2) is 57.9 Å². The second kappa shape index (κ2) is 7.89. The Labute approximate surface area is 158 Å². The Bertz CT molecular complexity index is 1010. The number of benzene rings is 2. The highest BCUT2D eigenvalue weighted by Crippen LogP contribution is 2.27. The van der Waals surface area contributed by atoms with Gasteiger partial charge in [0.2, 0.25) is 21.7 Å². The molecule has 27 heavy (non-hydrogen) atoms. The van der Waals surface area contributed by atoms with Gasteiger partial charge in [0, 0.05) is 0 Å². The second-order valence-electron chi connectivity index (χ2n) is 6.26. The van der Waals surface area contributed by atoms with E-state index in [2.05, 4.69) is 28.7 Å². The molecule has 1 N–H and O–H groups in total. The van der Waals surface area contributed by atoms with Crippen LogP contribution in [0, 0.1) is 0 Å². The molecule has 0 aliphatic heterocycles. The zero-order valence-electron chi connectivity index (χ0n) is 15.3. The lowest BCUT2D eigenvalue weighted by atomic mass is 10.0. The van der Waals surface area contributed by atoms with E-state index >= 15 is 0 Å². The molecule has 1 heterocycles. The zero-order chi connectivity index (χ0) is 19.4. The number of aromatic nitrogens is 2. The van der Waals surface area contributed by atoms with Gasteiger partial charge in [0.15, 0.2) is 0 Å². The molecule has 0 unspecified atom stereocenters. The van der Waals surface area contributed by atoms with E-state index in [1.54, 1.807) is 31.4 Å². The number of rotatable bonds is 7. The molecule has 8 heteroatoms. The molecule has 0 fully saturated rings. The highest BCUT2D eigenvalue weighted by molar-refractivity contribution is 7.89. The van der Waals surface area contributed by atoms with Gasteiger partial charge in [-0.05, 0) is 35.7 Å². The van der Waals surface area contributed by atoms with Gasteiger partial charge in [-0.2, -0.15) is 4.98 Å². The minimum atomic E-state index is -3.67. The molecule has 0 aliphatic carbocycles. The Morgan fingerprint density at radius 1 is 1.11 bits per heavy atom. The fraction of sp³-hybridized carbons (Fsp3) is 0.263. The fourth-order valence-electron chi connectivity index (χ4n) is 2.54. The van der Waals surface area contributed by atoms with Crippen LogP contribution in [-0.4, -0.2) is 25.7 Å². The van der Waals surface area contributed by atoms with Crippen LogP contribution >= 0.6 is 0 Å². The van der Waals surface area contributed by atoms with Crippen molar-refractivity contribution in [3.8, 4) is 17.1 Å². The van der Waals surface area contributed by atoms with Crippen LogP contribution in [-0.2, 0) is 16.6 Å². The summed E-state index contributed by atoms with van der Waals surface area (Å²) in [5.74, 6) is 1.44. The third-order valence-corrected chi connectivity index (χ3v) is 5.50. The normalized spacial score (nSPS) is 11.7. The van der Waals surface area contributed by atoms with Crippen molar-refractivity contribution in [1.29, 1.82) is 0 Å². The maximum Gasteiger partial charge on any atom is 0.242 e. The summed E-state index contributed by atoms with van der Waals surface area (Å²) in [6, 6.07) is 14.1. The van der Waals surface area contributed by atoms with Crippen LogP contribution in [0.5, 0.6) is 5.75 Å². The minimum Gasteiger partial charge on any atom is -0.496 e. The summed E-state index contributed by atoms with van der Waals surface area (Å²) in [4.78, 5) is 4.43. The first-order valence-electron chi connectivity index (χ1n) is 8.46. The average molecular weight is 387 g/mol. The summed E-state index contributed by atoms with van der Waals surface area (Å²) in [5, 5.41) is 3.90. The standard InChI is InChI=1S/C19H21N3O4S/c1-13(2)14-8-10-15(11-9-14)27(23,24)20-12-18-21-19(22-26-18)16-6-4-5-7-17(16)25-3/h4-11,13,20H,12H2,1-3H3. The third kappa shape index (κ3) is 4.35. The molecular formula is C19H21N3O4S. The number of nitrogens with one attached hydrogen (secondary N) is 1. The Kier molecular flexibility index (Phi) is 5.57. The summed E-state index contributed by atoms with van der Waals surface area (Å²) in [6.45, 7) is 4.00. The molecule has 0 aliphatic rings. The maximum atomic E-state index is 12.4. The molecule has 3 aromatic rings. The van der Waals surface area contributed by atoms with Gasteiger partial charge in [0.1, 0.15) is 5.75 Å². The van der Waals surface area contributed by atoms with E-state index in [-0.39, 0.29) is 17.3 Å². The van der Waals surface area contributed by atoms with E-state index in [0.717, 1.165) is 5.56 Å². The number of nitrogens with zero attached hydrogens (tertiary/aromatic N) is 2. The topological polar surface area (TPSA) is 94.3 Å². The van der Waals surface area contributed by atoms with Crippen molar-refractivity contribution in [3.05, 3.63) is 60.0 Å². The molecule has 3 rings (SSSR count). The summed E-state index contributed by atoms with van der Waals surface area (Å²) >= 11 is 0. The van der Waals surface area contributed by atoms with E-state index in [1.165, 1.54) is 0 Å². The van der Waals surface area contributed by atoms with Crippen LogP contribution in [0.25, 0.3) is 11.4 Å². The number of hydrogen-bond acceptors (Lipinski definition) is 6. The molecule has 1 aromatic heterocycles. The van der Waals surface area contributed by atoms with Crippen molar-refractivity contribution in [2.45, 2.75) is 31.2 Å². The van der Waals surface area contributed by atoms with Crippen molar-refractivity contribution in [2.75, 3.05) is 7.11 Å². The van der Waals surface area contributed by atoms with Crippen molar-refractivity contribution in [3.63, 3.8) is 0 Å². The largest absolute Gasteiger partial charge is 0.496 e. The monoisotopic (exact) mass is 387 g/mol. The lowest BCUT2D eigenvalue weighted by Crippen LogP contribution is -2.23. The van der Waals surface area contributed by atoms with E-state index < -0.39 is 10.0 Å². The Morgan fingerprint density at radius 2 is 1.81 bits per heavy atom. The smallest absolute Gasteiger partial charge is 0.242 e. The SMILES string of the molecule is COc1ccccc1-c1noc(CNS(=O)(=O)c2ccc(C(C)C)cc2)n1. The van der Waals surface area contributed by atoms with Crippen LogP contribution in [0.1, 0.15) is 31.2 Å². The molecule has 2 aromatic carbocycles. The molecule has 0 saturated carbocycles. The summed E-state index contributed by atoms with van der Waals surface area (Å²) in [6.07, 6.45) is 0. The average Bonchev–Trinajstić information content (AvgIpc) is 3.15. The van der Waals surface area contributed by atoms with E-state index in [4.69, 9.17) is 9.26 Å². The van der Waals surface area contributed by atoms with E-state index in [1.807, 2.05) is 24.3 Å². The molecule has 0 atom stereocenters. The first-order valence-corrected chi connectivity index (χ1v) is 9.94. The van der Waals surface area contributed by atoms with Gasteiger partial charge in [-0.15, -0.1) is 0 Å². The summed E-state index contributed by atoms with van der Waals surface area (Å²) in [7, 11) is -2.12. The van der Waals surface area contributed by atoms with Gasteiger partial charge in [0.05, 0.1) is 24.1 Å². The fourth-order valence-corrected chi connectivity index (χ4v) is 3.51. The van der Waals surface area contributed by atoms with Crippen LogP contribution in [0.3, 0.4) is 0 Å².